The van der Waals surface area contributed by atoms with Crippen LogP contribution in [0.15, 0.2) is 91.0 Å². The molecule has 1 fully saturated rings. The van der Waals surface area contributed by atoms with Crippen molar-refractivity contribution in [2.45, 2.75) is 44.2 Å². The van der Waals surface area contributed by atoms with Gasteiger partial charge in [-0.05, 0) is 16.7 Å². The third-order valence-corrected chi connectivity index (χ3v) is 5.48. The van der Waals surface area contributed by atoms with Crippen LogP contribution in [0.5, 0.6) is 0 Å². The third kappa shape index (κ3) is 6.11. The normalized spacial score (nSPS) is 21.3. The van der Waals surface area contributed by atoms with Crippen LogP contribution in [0, 0.1) is 0 Å². The summed E-state index contributed by atoms with van der Waals surface area (Å²) in [7, 11) is 0. The summed E-state index contributed by atoms with van der Waals surface area (Å²) in [5.41, 5.74) is 3.12. The lowest BCUT2D eigenvalue weighted by atomic mass is 10.1. The van der Waals surface area contributed by atoms with Gasteiger partial charge in [-0.25, -0.2) is 0 Å². The maximum Gasteiger partial charge on any atom is 0.151 e. The molecule has 0 saturated carbocycles. The van der Waals surface area contributed by atoms with Gasteiger partial charge in [-0.1, -0.05) is 91.0 Å². The molecule has 1 heterocycles. The van der Waals surface area contributed by atoms with Crippen molar-refractivity contribution in [1.82, 2.24) is 0 Å². The molecule has 0 unspecified atom stereocenters. The monoisotopic (exact) mass is 432 g/mol. The average Bonchev–Trinajstić information content (AvgIpc) is 3.26. The Labute approximate surface area is 188 Å². The minimum Gasteiger partial charge on any atom is -0.369 e. The molecule has 3 aromatic carbocycles. The van der Waals surface area contributed by atoms with Crippen molar-refractivity contribution in [3.8, 4) is 0 Å². The van der Waals surface area contributed by atoms with Crippen LogP contribution in [0.3, 0.4) is 0 Å². The smallest absolute Gasteiger partial charge is 0.151 e. The lowest BCUT2D eigenvalue weighted by Crippen LogP contribution is -2.43. The van der Waals surface area contributed by atoms with Gasteiger partial charge in [0.1, 0.15) is 24.4 Å². The number of benzene rings is 3. The molecule has 4 atom stereocenters. The fourth-order valence-electron chi connectivity index (χ4n) is 3.76. The summed E-state index contributed by atoms with van der Waals surface area (Å²) in [6, 6.07) is 29.7. The molecule has 1 aliphatic heterocycles. The van der Waals surface area contributed by atoms with Crippen LogP contribution >= 0.6 is 0 Å². The summed E-state index contributed by atoms with van der Waals surface area (Å²) >= 11 is 0. The van der Waals surface area contributed by atoms with E-state index in [4.69, 9.17) is 18.9 Å². The molecular weight excluding hydrogens is 404 g/mol. The van der Waals surface area contributed by atoms with Crippen molar-refractivity contribution in [3.05, 3.63) is 108 Å². The fourth-order valence-corrected chi connectivity index (χ4v) is 3.76. The molecule has 0 N–H and O–H groups in total. The van der Waals surface area contributed by atoms with E-state index in [1.165, 1.54) is 0 Å². The van der Waals surface area contributed by atoms with Crippen LogP contribution in [-0.4, -0.2) is 37.3 Å². The molecule has 3 aromatic rings. The van der Waals surface area contributed by atoms with Gasteiger partial charge in [-0.2, -0.15) is 0 Å². The van der Waals surface area contributed by atoms with Crippen LogP contribution < -0.4 is 0 Å². The van der Waals surface area contributed by atoms with E-state index in [0.29, 0.717) is 26.4 Å². The van der Waals surface area contributed by atoms with E-state index in [9.17, 15) is 4.79 Å². The zero-order valence-corrected chi connectivity index (χ0v) is 17.9. The molecule has 0 spiro atoms. The van der Waals surface area contributed by atoms with Crippen molar-refractivity contribution < 1.29 is 23.7 Å². The van der Waals surface area contributed by atoms with Crippen molar-refractivity contribution in [2.24, 2.45) is 0 Å². The van der Waals surface area contributed by atoms with Crippen molar-refractivity contribution in [1.29, 1.82) is 0 Å². The van der Waals surface area contributed by atoms with E-state index >= 15 is 0 Å². The van der Waals surface area contributed by atoms with Crippen molar-refractivity contribution in [3.63, 3.8) is 0 Å². The molecule has 166 valence electrons. The van der Waals surface area contributed by atoms with Crippen molar-refractivity contribution in [2.75, 3.05) is 6.61 Å². The van der Waals surface area contributed by atoms with Gasteiger partial charge in [0.05, 0.1) is 26.4 Å². The molecule has 32 heavy (non-hydrogen) atoms. The molecule has 5 heteroatoms. The van der Waals surface area contributed by atoms with Crippen LogP contribution in [0.25, 0.3) is 0 Å². The summed E-state index contributed by atoms with van der Waals surface area (Å²) < 4.78 is 24.3. The van der Waals surface area contributed by atoms with Crippen LogP contribution in [0.1, 0.15) is 16.7 Å². The first-order chi connectivity index (χ1) is 15.8. The SMILES string of the molecule is O=C[C@@H](OCc1ccccc1)[C@@H]1OC[C@H](OCc2ccccc2)[C@H]1OCc1ccccc1. The number of hydrogen-bond donors (Lipinski definition) is 0. The van der Waals surface area contributed by atoms with E-state index in [-0.39, 0.29) is 6.10 Å². The molecule has 0 aliphatic carbocycles. The van der Waals surface area contributed by atoms with Gasteiger partial charge in [0.15, 0.2) is 6.29 Å². The summed E-state index contributed by atoms with van der Waals surface area (Å²) in [5.74, 6) is 0. The highest BCUT2D eigenvalue weighted by atomic mass is 16.6. The van der Waals surface area contributed by atoms with Gasteiger partial charge in [0.25, 0.3) is 0 Å². The highest BCUT2D eigenvalue weighted by molar-refractivity contribution is 5.57. The Morgan fingerprint density at radius 3 is 1.78 bits per heavy atom. The first-order valence-corrected chi connectivity index (χ1v) is 10.9. The number of carbonyl (C=O) groups is 1. The average molecular weight is 433 g/mol. The first kappa shape index (κ1) is 22.4. The molecule has 0 amide bonds. The minimum atomic E-state index is -0.749. The van der Waals surface area contributed by atoms with E-state index in [0.717, 1.165) is 23.0 Å². The minimum absolute atomic E-state index is 0.299. The van der Waals surface area contributed by atoms with Gasteiger partial charge < -0.3 is 23.7 Å². The van der Waals surface area contributed by atoms with Crippen molar-refractivity contribution >= 4 is 6.29 Å². The first-order valence-electron chi connectivity index (χ1n) is 10.9. The van der Waals surface area contributed by atoms with Gasteiger partial charge >= 0.3 is 0 Å². The lowest BCUT2D eigenvalue weighted by molar-refractivity contribution is -0.140. The highest BCUT2D eigenvalue weighted by Gasteiger charge is 2.44. The van der Waals surface area contributed by atoms with Gasteiger partial charge in [-0.3, -0.25) is 0 Å². The molecule has 1 saturated heterocycles. The van der Waals surface area contributed by atoms with Crippen LogP contribution in [0.4, 0.5) is 0 Å². The molecular formula is C27H28O5. The van der Waals surface area contributed by atoms with Crippen LogP contribution in [0.2, 0.25) is 0 Å². The van der Waals surface area contributed by atoms with Gasteiger partial charge in [0, 0.05) is 0 Å². The second-order valence-corrected chi connectivity index (χ2v) is 7.79. The Kier molecular flexibility index (Phi) is 8.17. The number of rotatable bonds is 11. The fraction of sp³-hybridized carbons (Fsp3) is 0.296. The molecule has 0 aromatic heterocycles. The quantitative estimate of drug-likeness (QED) is 0.422. The third-order valence-electron chi connectivity index (χ3n) is 5.48. The largest absolute Gasteiger partial charge is 0.369 e. The number of ether oxygens (including phenoxy) is 4. The Morgan fingerprint density at radius 1 is 0.750 bits per heavy atom. The second-order valence-electron chi connectivity index (χ2n) is 7.79. The number of hydrogen-bond acceptors (Lipinski definition) is 5. The van der Waals surface area contributed by atoms with E-state index < -0.39 is 18.3 Å². The summed E-state index contributed by atoms with van der Waals surface area (Å²) in [4.78, 5) is 11.9. The molecule has 0 bridgehead atoms. The van der Waals surface area contributed by atoms with E-state index in [1.54, 1.807) is 0 Å². The molecule has 5 nitrogen and oxygen atoms in total. The highest BCUT2D eigenvalue weighted by Crippen LogP contribution is 2.26. The van der Waals surface area contributed by atoms with Gasteiger partial charge in [-0.15, -0.1) is 0 Å². The number of carbonyl (C=O) groups excluding carboxylic acids is 1. The molecule has 0 radical (unpaired) electrons. The lowest BCUT2D eigenvalue weighted by Gasteiger charge is -2.27. The molecule has 4 rings (SSSR count). The Balaban J connectivity index is 1.43. The Bertz CT molecular complexity index is 932. The zero-order valence-electron chi connectivity index (χ0n) is 17.9. The topological polar surface area (TPSA) is 54.0 Å². The second kappa shape index (κ2) is 11.7. The van der Waals surface area contributed by atoms with E-state index in [2.05, 4.69) is 0 Å². The number of aldehydes is 1. The summed E-state index contributed by atoms with van der Waals surface area (Å²) in [6.45, 7) is 1.52. The predicted molar refractivity (Wildman–Crippen MR) is 121 cm³/mol. The van der Waals surface area contributed by atoms with E-state index in [1.807, 2.05) is 91.0 Å². The summed E-state index contributed by atoms with van der Waals surface area (Å²) in [5, 5.41) is 0. The Morgan fingerprint density at radius 2 is 1.25 bits per heavy atom. The maximum absolute atomic E-state index is 11.9. The van der Waals surface area contributed by atoms with Crippen LogP contribution in [-0.2, 0) is 43.6 Å². The standard InChI is InChI=1S/C27H28O5/c28-16-24(29-17-21-10-4-1-5-11-21)26-27(31-19-23-14-8-3-9-15-23)25(20-32-26)30-18-22-12-6-2-7-13-22/h1-16,24-27H,17-20H2/t24-,25+,26+,27-/m1/s1. The van der Waals surface area contributed by atoms with Gasteiger partial charge in [0.2, 0.25) is 0 Å². The maximum atomic E-state index is 11.9. The zero-order chi connectivity index (χ0) is 22.0. The summed E-state index contributed by atoms with van der Waals surface area (Å²) in [6.07, 6.45) is -1.22. The molecule has 1 aliphatic rings. The predicted octanol–water partition coefficient (Wildman–Crippen LogP) is 4.34. The Hall–Kier alpha value is -2.83.